The number of halogens is 1. The number of hydrogen-bond acceptors (Lipinski definition) is 4. The molecule has 0 unspecified atom stereocenters. The van der Waals surface area contributed by atoms with E-state index < -0.39 is 10.0 Å². The highest BCUT2D eigenvalue weighted by atomic mass is 79.9. The Bertz CT molecular complexity index is 576. The molecule has 1 aromatic rings. The zero-order valence-corrected chi connectivity index (χ0v) is 15.1. The summed E-state index contributed by atoms with van der Waals surface area (Å²) in [5, 5.41) is 0. The molecule has 0 spiro atoms. The van der Waals surface area contributed by atoms with Gasteiger partial charge in [-0.25, -0.2) is 13.1 Å². The van der Waals surface area contributed by atoms with E-state index in [1.165, 1.54) is 25.2 Å². The fraction of sp³-hybridized carbons (Fsp3) is 0.538. The Morgan fingerprint density at radius 3 is 2.33 bits per heavy atom. The fourth-order valence-corrected chi connectivity index (χ4v) is 3.49. The Balaban J connectivity index is 2.96. The average Bonchev–Trinajstić information content (AvgIpc) is 2.42. The third kappa shape index (κ3) is 5.14. The molecule has 0 aromatic heterocycles. The van der Waals surface area contributed by atoms with E-state index in [9.17, 15) is 8.42 Å². The van der Waals surface area contributed by atoms with Gasteiger partial charge in [-0.05, 0) is 22.0 Å². The Labute approximate surface area is 134 Å². The van der Waals surface area contributed by atoms with E-state index in [0.29, 0.717) is 16.8 Å². The third-order valence-corrected chi connectivity index (χ3v) is 4.98. The van der Waals surface area contributed by atoms with Crippen LogP contribution >= 0.6 is 15.9 Å². The van der Waals surface area contributed by atoms with Gasteiger partial charge in [-0.2, -0.15) is 0 Å². The highest BCUT2D eigenvalue weighted by Crippen LogP contribution is 2.35. The minimum absolute atomic E-state index is 0.0715. The van der Waals surface area contributed by atoms with Crippen molar-refractivity contribution < 1.29 is 22.8 Å². The number of ether oxygens (including phenoxy) is 2. The molecule has 21 heavy (non-hydrogen) atoms. The number of benzene rings is 1. The Morgan fingerprint density at radius 1 is 1.19 bits per heavy atom. The van der Waals surface area contributed by atoms with E-state index in [0.717, 1.165) is 13.0 Å². The minimum atomic E-state index is -3.64. The van der Waals surface area contributed by atoms with E-state index in [4.69, 9.17) is 9.47 Å². The van der Waals surface area contributed by atoms with Crippen molar-refractivity contribution in [3.63, 3.8) is 0 Å². The van der Waals surface area contributed by atoms with Gasteiger partial charge < -0.3 is 14.4 Å². The summed E-state index contributed by atoms with van der Waals surface area (Å²) in [4.78, 5) is 1.35. The van der Waals surface area contributed by atoms with Crippen LogP contribution < -0.4 is 19.1 Å². The first-order valence-corrected chi connectivity index (χ1v) is 8.79. The molecule has 0 heterocycles. The Morgan fingerprint density at radius 2 is 1.81 bits per heavy atom. The summed E-state index contributed by atoms with van der Waals surface area (Å²) in [5.74, 6) is 0.710. The molecule has 0 bridgehead atoms. The second-order valence-corrected chi connectivity index (χ2v) is 7.44. The Kier molecular flexibility index (Phi) is 6.92. The van der Waals surface area contributed by atoms with Crippen LogP contribution in [0.1, 0.15) is 6.42 Å². The number of nitrogens with one attached hydrogen (secondary N) is 2. The summed E-state index contributed by atoms with van der Waals surface area (Å²) in [6, 6.07) is 3.03. The molecule has 1 aromatic carbocycles. The van der Waals surface area contributed by atoms with Gasteiger partial charge in [0.2, 0.25) is 10.0 Å². The summed E-state index contributed by atoms with van der Waals surface area (Å²) in [6.45, 7) is 1.28. The van der Waals surface area contributed by atoms with E-state index in [1.54, 1.807) is 6.07 Å². The van der Waals surface area contributed by atoms with Crippen molar-refractivity contribution in [3.05, 3.63) is 16.6 Å². The summed E-state index contributed by atoms with van der Waals surface area (Å²) in [5.41, 5.74) is 0. The predicted molar refractivity (Wildman–Crippen MR) is 84.7 cm³/mol. The molecular weight excluding hydrogens is 360 g/mol. The van der Waals surface area contributed by atoms with Crippen LogP contribution in [-0.4, -0.2) is 49.8 Å². The molecule has 0 aliphatic heterocycles. The smallest absolute Gasteiger partial charge is 0.244 e. The molecule has 2 N–H and O–H groups in total. The van der Waals surface area contributed by atoms with Crippen LogP contribution in [0, 0.1) is 0 Å². The molecule has 0 saturated carbocycles. The monoisotopic (exact) mass is 381 g/mol. The quantitative estimate of drug-likeness (QED) is 0.634. The zero-order chi connectivity index (χ0) is 16.0. The SMILES string of the molecule is COc1cc(S(=O)(=O)NCCC[NH+](C)C)c(OC)cc1Br. The number of hydrogen-bond donors (Lipinski definition) is 2. The normalized spacial score (nSPS) is 11.7. The van der Waals surface area contributed by atoms with E-state index >= 15 is 0 Å². The van der Waals surface area contributed by atoms with Crippen molar-refractivity contribution in [1.82, 2.24) is 4.72 Å². The van der Waals surface area contributed by atoms with Crippen molar-refractivity contribution in [2.75, 3.05) is 41.4 Å². The van der Waals surface area contributed by atoms with Crippen molar-refractivity contribution >= 4 is 26.0 Å². The average molecular weight is 382 g/mol. The van der Waals surface area contributed by atoms with Crippen LogP contribution in [0.25, 0.3) is 0 Å². The molecule has 0 aliphatic carbocycles. The van der Waals surface area contributed by atoms with Crippen LogP contribution in [0.3, 0.4) is 0 Å². The number of quaternary nitrogens is 1. The van der Waals surface area contributed by atoms with E-state index in [2.05, 4.69) is 20.7 Å². The fourth-order valence-electron chi connectivity index (χ4n) is 1.77. The molecule has 1 rings (SSSR count). The largest absolute Gasteiger partial charge is 0.496 e. The van der Waals surface area contributed by atoms with Gasteiger partial charge in [-0.3, -0.25) is 0 Å². The zero-order valence-electron chi connectivity index (χ0n) is 12.7. The minimum Gasteiger partial charge on any atom is -0.496 e. The van der Waals surface area contributed by atoms with Gasteiger partial charge in [-0.1, -0.05) is 0 Å². The lowest BCUT2D eigenvalue weighted by Gasteiger charge is -2.13. The van der Waals surface area contributed by atoms with Gasteiger partial charge in [0, 0.05) is 19.0 Å². The van der Waals surface area contributed by atoms with Crippen LogP contribution in [0.5, 0.6) is 11.5 Å². The van der Waals surface area contributed by atoms with Crippen LogP contribution in [0.15, 0.2) is 21.5 Å². The lowest BCUT2D eigenvalue weighted by molar-refractivity contribution is -0.858. The van der Waals surface area contributed by atoms with Crippen molar-refractivity contribution in [2.45, 2.75) is 11.3 Å². The maximum atomic E-state index is 12.4. The molecule has 0 radical (unpaired) electrons. The molecular formula is C13H22BrN2O4S+. The first kappa shape index (κ1) is 18.2. The van der Waals surface area contributed by atoms with Gasteiger partial charge in [0.05, 0.1) is 39.3 Å². The number of rotatable bonds is 8. The molecule has 120 valence electrons. The van der Waals surface area contributed by atoms with Crippen LogP contribution in [-0.2, 0) is 10.0 Å². The standard InChI is InChI=1S/C13H21BrN2O4S/c1-16(2)7-5-6-15-21(17,18)13-9-11(19-3)10(14)8-12(13)20-4/h8-9,15H,5-7H2,1-4H3/p+1. The van der Waals surface area contributed by atoms with Crippen LogP contribution in [0.2, 0.25) is 0 Å². The second-order valence-electron chi connectivity index (χ2n) is 4.85. The molecule has 0 fully saturated rings. The first-order valence-electron chi connectivity index (χ1n) is 6.52. The summed E-state index contributed by atoms with van der Waals surface area (Å²) in [7, 11) is 3.33. The number of methoxy groups -OCH3 is 2. The lowest BCUT2D eigenvalue weighted by Crippen LogP contribution is -3.05. The molecule has 0 atom stereocenters. The third-order valence-electron chi connectivity index (χ3n) is 2.87. The number of sulfonamides is 1. The maximum absolute atomic E-state index is 12.4. The topological polar surface area (TPSA) is 69.1 Å². The van der Waals surface area contributed by atoms with Gasteiger partial charge in [0.1, 0.15) is 16.4 Å². The second kappa shape index (κ2) is 7.98. The highest BCUT2D eigenvalue weighted by molar-refractivity contribution is 9.10. The lowest BCUT2D eigenvalue weighted by atomic mass is 10.3. The van der Waals surface area contributed by atoms with Crippen LogP contribution in [0.4, 0.5) is 0 Å². The summed E-state index contributed by atoms with van der Waals surface area (Å²) >= 11 is 3.31. The maximum Gasteiger partial charge on any atom is 0.244 e. The highest BCUT2D eigenvalue weighted by Gasteiger charge is 2.21. The van der Waals surface area contributed by atoms with E-state index in [1.807, 2.05) is 14.1 Å². The molecule has 0 amide bonds. The van der Waals surface area contributed by atoms with Gasteiger partial charge in [0.15, 0.2) is 0 Å². The molecule has 0 aliphatic rings. The summed E-state index contributed by atoms with van der Waals surface area (Å²) in [6.07, 6.45) is 0.761. The van der Waals surface area contributed by atoms with Crippen molar-refractivity contribution in [1.29, 1.82) is 0 Å². The van der Waals surface area contributed by atoms with Gasteiger partial charge >= 0.3 is 0 Å². The molecule has 8 heteroatoms. The molecule has 6 nitrogen and oxygen atoms in total. The van der Waals surface area contributed by atoms with E-state index in [-0.39, 0.29) is 10.6 Å². The van der Waals surface area contributed by atoms with Crippen molar-refractivity contribution in [2.24, 2.45) is 0 Å². The molecule has 0 saturated heterocycles. The van der Waals surface area contributed by atoms with Crippen molar-refractivity contribution in [3.8, 4) is 11.5 Å². The van der Waals surface area contributed by atoms with Gasteiger partial charge in [0.25, 0.3) is 0 Å². The van der Waals surface area contributed by atoms with Gasteiger partial charge in [-0.15, -0.1) is 0 Å². The summed E-state index contributed by atoms with van der Waals surface area (Å²) < 4.78 is 38.2. The predicted octanol–water partition coefficient (Wildman–Crippen LogP) is 0.279. The Hall–Kier alpha value is -0.830. The first-order chi connectivity index (χ1) is 9.81.